The van der Waals surface area contributed by atoms with Crippen molar-refractivity contribution in [2.75, 3.05) is 14.2 Å². The number of benzene rings is 1. The van der Waals surface area contributed by atoms with Crippen LogP contribution in [0.3, 0.4) is 0 Å². The Morgan fingerprint density at radius 1 is 1.31 bits per heavy atom. The molecule has 13 heavy (non-hydrogen) atoms. The van der Waals surface area contributed by atoms with Gasteiger partial charge in [0.2, 0.25) is 0 Å². The SMILES string of the molecule is COc1ccc(OC)c(C(=N)N)c1. The van der Waals surface area contributed by atoms with Gasteiger partial charge in [0, 0.05) is 0 Å². The summed E-state index contributed by atoms with van der Waals surface area (Å²) in [5.74, 6) is 1.20. The van der Waals surface area contributed by atoms with Crippen LogP contribution in [0.25, 0.3) is 0 Å². The van der Waals surface area contributed by atoms with Crippen LogP contribution in [-0.2, 0) is 0 Å². The second-order valence-corrected chi connectivity index (χ2v) is 2.48. The molecule has 4 nitrogen and oxygen atoms in total. The minimum absolute atomic E-state index is 0.0317. The van der Waals surface area contributed by atoms with Crippen molar-refractivity contribution in [3.8, 4) is 11.5 Å². The maximum Gasteiger partial charge on any atom is 0.130 e. The molecule has 0 saturated heterocycles. The molecule has 70 valence electrons. The maximum atomic E-state index is 7.29. The summed E-state index contributed by atoms with van der Waals surface area (Å²) >= 11 is 0. The highest BCUT2D eigenvalue weighted by molar-refractivity contribution is 5.98. The van der Waals surface area contributed by atoms with Crippen LogP contribution in [0.4, 0.5) is 0 Å². The summed E-state index contributed by atoms with van der Waals surface area (Å²) in [4.78, 5) is 0. The second-order valence-electron chi connectivity index (χ2n) is 2.48. The highest BCUT2D eigenvalue weighted by Gasteiger charge is 2.06. The Morgan fingerprint density at radius 3 is 2.46 bits per heavy atom. The molecule has 0 radical (unpaired) electrons. The number of nitrogen functional groups attached to an aromatic ring is 1. The van der Waals surface area contributed by atoms with Crippen LogP contribution < -0.4 is 15.2 Å². The van der Waals surface area contributed by atoms with Crippen LogP contribution in [0.1, 0.15) is 5.56 Å². The average molecular weight is 180 g/mol. The zero-order valence-electron chi connectivity index (χ0n) is 7.63. The molecule has 0 unspecified atom stereocenters. The Kier molecular flexibility index (Phi) is 2.74. The van der Waals surface area contributed by atoms with E-state index >= 15 is 0 Å². The lowest BCUT2D eigenvalue weighted by Gasteiger charge is -2.08. The molecule has 1 aromatic rings. The normalized spacial score (nSPS) is 9.38. The maximum absolute atomic E-state index is 7.29. The van der Waals surface area contributed by atoms with Gasteiger partial charge in [0.1, 0.15) is 17.3 Å². The molecule has 0 aromatic heterocycles. The lowest BCUT2D eigenvalue weighted by molar-refractivity contribution is 0.402. The van der Waals surface area contributed by atoms with Gasteiger partial charge in [0.05, 0.1) is 19.8 Å². The third-order valence-corrected chi connectivity index (χ3v) is 1.70. The Morgan fingerprint density at radius 2 is 2.00 bits per heavy atom. The van der Waals surface area contributed by atoms with Crippen LogP contribution in [-0.4, -0.2) is 20.1 Å². The van der Waals surface area contributed by atoms with Gasteiger partial charge >= 0.3 is 0 Å². The molecule has 0 aliphatic heterocycles. The average Bonchev–Trinajstić information content (AvgIpc) is 2.16. The number of rotatable bonds is 3. The number of methoxy groups -OCH3 is 2. The molecule has 1 rings (SSSR count). The van der Waals surface area contributed by atoms with Gasteiger partial charge in [-0.1, -0.05) is 0 Å². The standard InChI is InChI=1S/C9H12N2O2/c1-12-6-3-4-8(13-2)7(5-6)9(10)11/h3-5H,1-2H3,(H3,10,11). The van der Waals surface area contributed by atoms with E-state index in [1.54, 1.807) is 25.3 Å². The fourth-order valence-corrected chi connectivity index (χ4v) is 1.02. The minimum Gasteiger partial charge on any atom is -0.497 e. The summed E-state index contributed by atoms with van der Waals surface area (Å²) in [6, 6.07) is 5.14. The van der Waals surface area contributed by atoms with Crippen molar-refractivity contribution in [1.82, 2.24) is 0 Å². The molecule has 0 aliphatic carbocycles. The van der Waals surface area contributed by atoms with E-state index in [1.165, 1.54) is 7.11 Å². The van der Waals surface area contributed by atoms with Crippen molar-refractivity contribution >= 4 is 5.84 Å². The van der Waals surface area contributed by atoms with Gasteiger partial charge in [0.25, 0.3) is 0 Å². The van der Waals surface area contributed by atoms with Crippen LogP contribution in [0, 0.1) is 5.41 Å². The van der Waals surface area contributed by atoms with Crippen molar-refractivity contribution in [2.24, 2.45) is 5.73 Å². The largest absolute Gasteiger partial charge is 0.497 e. The number of ether oxygens (including phenoxy) is 2. The first kappa shape index (κ1) is 9.38. The van der Waals surface area contributed by atoms with Crippen molar-refractivity contribution in [1.29, 1.82) is 5.41 Å². The summed E-state index contributed by atoms with van der Waals surface area (Å²) in [6.45, 7) is 0. The number of nitrogens with two attached hydrogens (primary N) is 1. The van der Waals surface area contributed by atoms with Gasteiger partial charge in [-0.15, -0.1) is 0 Å². The molecular formula is C9H12N2O2. The second kappa shape index (κ2) is 3.80. The zero-order chi connectivity index (χ0) is 9.84. The molecular weight excluding hydrogens is 168 g/mol. The fourth-order valence-electron chi connectivity index (χ4n) is 1.02. The third-order valence-electron chi connectivity index (χ3n) is 1.70. The van der Waals surface area contributed by atoms with Gasteiger partial charge in [-0.2, -0.15) is 0 Å². The van der Waals surface area contributed by atoms with Crippen LogP contribution in [0.5, 0.6) is 11.5 Å². The smallest absolute Gasteiger partial charge is 0.130 e. The fraction of sp³-hybridized carbons (Fsp3) is 0.222. The molecule has 0 amide bonds. The first-order valence-electron chi connectivity index (χ1n) is 3.75. The monoisotopic (exact) mass is 180 g/mol. The lowest BCUT2D eigenvalue weighted by atomic mass is 10.2. The molecule has 0 atom stereocenters. The molecule has 3 N–H and O–H groups in total. The van der Waals surface area contributed by atoms with E-state index in [4.69, 9.17) is 20.6 Å². The Labute approximate surface area is 76.8 Å². The van der Waals surface area contributed by atoms with Gasteiger partial charge in [-0.05, 0) is 18.2 Å². The predicted molar refractivity (Wildman–Crippen MR) is 50.6 cm³/mol. The summed E-state index contributed by atoms with van der Waals surface area (Å²) in [5, 5.41) is 7.29. The first-order valence-corrected chi connectivity index (χ1v) is 3.75. The summed E-state index contributed by atoms with van der Waals surface area (Å²) in [5.41, 5.74) is 5.90. The van der Waals surface area contributed by atoms with E-state index < -0.39 is 0 Å². The highest BCUT2D eigenvalue weighted by atomic mass is 16.5. The van der Waals surface area contributed by atoms with Gasteiger partial charge in [-0.25, -0.2) is 0 Å². The third kappa shape index (κ3) is 1.90. The quantitative estimate of drug-likeness (QED) is 0.538. The van der Waals surface area contributed by atoms with Crippen molar-refractivity contribution in [3.63, 3.8) is 0 Å². The van der Waals surface area contributed by atoms with Gasteiger partial charge in [-0.3, -0.25) is 5.41 Å². The molecule has 4 heteroatoms. The van der Waals surface area contributed by atoms with Crippen molar-refractivity contribution in [2.45, 2.75) is 0 Å². The molecule has 0 spiro atoms. The number of hydrogen-bond acceptors (Lipinski definition) is 3. The molecule has 1 aromatic carbocycles. The summed E-state index contributed by atoms with van der Waals surface area (Å²) < 4.78 is 10.0. The van der Waals surface area contributed by atoms with Crippen LogP contribution >= 0.6 is 0 Å². The summed E-state index contributed by atoms with van der Waals surface area (Å²) in [7, 11) is 3.10. The van der Waals surface area contributed by atoms with Gasteiger partial charge in [0.15, 0.2) is 0 Å². The molecule has 0 heterocycles. The van der Waals surface area contributed by atoms with Crippen LogP contribution in [0.2, 0.25) is 0 Å². The van der Waals surface area contributed by atoms with E-state index in [0.717, 1.165) is 0 Å². The molecule has 0 aliphatic rings. The van der Waals surface area contributed by atoms with E-state index in [1.807, 2.05) is 0 Å². The van der Waals surface area contributed by atoms with Crippen LogP contribution in [0.15, 0.2) is 18.2 Å². The topological polar surface area (TPSA) is 68.3 Å². The van der Waals surface area contributed by atoms with E-state index in [0.29, 0.717) is 17.1 Å². The first-order chi connectivity index (χ1) is 6.19. The minimum atomic E-state index is -0.0317. The number of amidine groups is 1. The van der Waals surface area contributed by atoms with Crippen molar-refractivity contribution in [3.05, 3.63) is 23.8 Å². The number of nitrogens with one attached hydrogen (secondary N) is 1. The Hall–Kier alpha value is -1.71. The zero-order valence-corrected chi connectivity index (χ0v) is 7.63. The van der Waals surface area contributed by atoms with Crippen molar-refractivity contribution < 1.29 is 9.47 Å². The van der Waals surface area contributed by atoms with Gasteiger partial charge < -0.3 is 15.2 Å². The predicted octanol–water partition coefficient (Wildman–Crippen LogP) is 0.988. The van der Waals surface area contributed by atoms with E-state index in [2.05, 4.69) is 0 Å². The molecule has 0 saturated carbocycles. The Balaban J connectivity index is 3.18. The van der Waals surface area contributed by atoms with E-state index in [9.17, 15) is 0 Å². The molecule has 0 bridgehead atoms. The number of hydrogen-bond donors (Lipinski definition) is 2. The lowest BCUT2D eigenvalue weighted by Crippen LogP contribution is -2.12. The highest BCUT2D eigenvalue weighted by Crippen LogP contribution is 2.22. The Bertz CT molecular complexity index is 323. The summed E-state index contributed by atoms with van der Waals surface area (Å²) in [6.07, 6.45) is 0. The van der Waals surface area contributed by atoms with E-state index in [-0.39, 0.29) is 5.84 Å². The molecule has 0 fully saturated rings.